The van der Waals surface area contributed by atoms with E-state index in [1.807, 2.05) is 16.5 Å². The van der Waals surface area contributed by atoms with Crippen molar-refractivity contribution in [2.75, 3.05) is 19.7 Å². The summed E-state index contributed by atoms with van der Waals surface area (Å²) in [6, 6.07) is 6.60. The van der Waals surface area contributed by atoms with Gasteiger partial charge in [0.05, 0.1) is 5.01 Å². The van der Waals surface area contributed by atoms with Crippen molar-refractivity contribution < 1.29 is 19.4 Å². The maximum atomic E-state index is 12.6. The Labute approximate surface area is 143 Å². The lowest BCUT2D eigenvalue weighted by molar-refractivity contribution is -0.139. The van der Waals surface area contributed by atoms with Gasteiger partial charge >= 0.3 is 5.97 Å². The van der Waals surface area contributed by atoms with E-state index < -0.39 is 12.6 Å². The Bertz CT molecular complexity index is 700. The Morgan fingerprint density at radius 3 is 2.79 bits per heavy atom. The lowest BCUT2D eigenvalue weighted by Crippen LogP contribution is -2.28. The Balaban J connectivity index is 1.55. The van der Waals surface area contributed by atoms with Crippen LogP contribution in [0.15, 0.2) is 35.8 Å². The fourth-order valence-electron chi connectivity index (χ4n) is 2.81. The van der Waals surface area contributed by atoms with Crippen molar-refractivity contribution in [1.82, 2.24) is 9.88 Å². The van der Waals surface area contributed by atoms with E-state index in [1.165, 1.54) is 0 Å². The van der Waals surface area contributed by atoms with Crippen LogP contribution in [0.3, 0.4) is 0 Å². The highest BCUT2D eigenvalue weighted by Crippen LogP contribution is 2.24. The molecule has 1 atom stereocenters. The minimum atomic E-state index is -1.03. The van der Waals surface area contributed by atoms with Crippen LogP contribution in [0.1, 0.15) is 21.8 Å². The van der Waals surface area contributed by atoms with Gasteiger partial charge in [-0.25, -0.2) is 9.78 Å². The molecule has 0 saturated carbocycles. The first-order valence-corrected chi connectivity index (χ1v) is 8.62. The van der Waals surface area contributed by atoms with Gasteiger partial charge in [-0.05, 0) is 36.6 Å². The molecule has 0 radical (unpaired) electrons. The maximum absolute atomic E-state index is 12.6. The summed E-state index contributed by atoms with van der Waals surface area (Å²) >= 11 is 1.65. The number of benzene rings is 1. The van der Waals surface area contributed by atoms with Crippen molar-refractivity contribution in [1.29, 1.82) is 0 Å². The molecule has 0 spiro atoms. The van der Waals surface area contributed by atoms with Gasteiger partial charge in [0.1, 0.15) is 5.75 Å². The number of ether oxygens (including phenoxy) is 1. The second-order valence-electron chi connectivity index (χ2n) is 5.74. The van der Waals surface area contributed by atoms with Gasteiger partial charge in [0, 0.05) is 36.7 Å². The van der Waals surface area contributed by atoms with Crippen LogP contribution in [0.2, 0.25) is 0 Å². The molecular weight excluding hydrogens is 328 g/mol. The van der Waals surface area contributed by atoms with E-state index in [4.69, 9.17) is 9.84 Å². The molecule has 126 valence electrons. The van der Waals surface area contributed by atoms with Crippen LogP contribution in [0.4, 0.5) is 0 Å². The molecule has 1 aliphatic heterocycles. The van der Waals surface area contributed by atoms with Crippen LogP contribution in [-0.4, -0.2) is 46.6 Å². The zero-order valence-corrected chi connectivity index (χ0v) is 13.9. The van der Waals surface area contributed by atoms with Crippen molar-refractivity contribution in [3.63, 3.8) is 0 Å². The number of carbonyl (C=O) groups excluding carboxylic acids is 1. The Morgan fingerprint density at radius 2 is 2.12 bits per heavy atom. The molecule has 3 rings (SSSR count). The topological polar surface area (TPSA) is 79.7 Å². The summed E-state index contributed by atoms with van der Waals surface area (Å²) in [6.07, 6.45) is 3.72. The molecule has 6 nitrogen and oxygen atoms in total. The summed E-state index contributed by atoms with van der Waals surface area (Å²) in [5, 5.41) is 11.7. The van der Waals surface area contributed by atoms with Crippen molar-refractivity contribution in [2.24, 2.45) is 5.92 Å². The zero-order chi connectivity index (χ0) is 16.9. The number of aliphatic carboxylic acids is 1. The van der Waals surface area contributed by atoms with Gasteiger partial charge in [-0.2, -0.15) is 0 Å². The quantitative estimate of drug-likeness (QED) is 0.868. The average molecular weight is 346 g/mol. The average Bonchev–Trinajstić information content (AvgIpc) is 3.25. The van der Waals surface area contributed by atoms with Crippen molar-refractivity contribution in [3.05, 3.63) is 46.4 Å². The molecule has 0 bridgehead atoms. The number of thiazole rings is 1. The van der Waals surface area contributed by atoms with Crippen LogP contribution in [-0.2, 0) is 11.2 Å². The van der Waals surface area contributed by atoms with Gasteiger partial charge in [0.2, 0.25) is 0 Å². The molecule has 7 heteroatoms. The Morgan fingerprint density at radius 1 is 1.33 bits per heavy atom. The fourth-order valence-corrected chi connectivity index (χ4v) is 3.54. The largest absolute Gasteiger partial charge is 0.482 e. The summed E-state index contributed by atoms with van der Waals surface area (Å²) < 4.78 is 5.07. The van der Waals surface area contributed by atoms with Crippen molar-refractivity contribution in [3.8, 4) is 5.75 Å². The molecule has 1 aliphatic rings. The fraction of sp³-hybridized carbons (Fsp3) is 0.353. The molecule has 1 saturated heterocycles. The van der Waals surface area contributed by atoms with E-state index >= 15 is 0 Å². The van der Waals surface area contributed by atoms with Gasteiger partial charge in [0.25, 0.3) is 5.91 Å². The van der Waals surface area contributed by atoms with E-state index in [2.05, 4.69) is 4.98 Å². The van der Waals surface area contributed by atoms with Gasteiger partial charge in [-0.3, -0.25) is 4.79 Å². The highest BCUT2D eigenvalue weighted by atomic mass is 32.1. The minimum Gasteiger partial charge on any atom is -0.482 e. The molecule has 1 fully saturated rings. The first-order chi connectivity index (χ1) is 11.6. The number of aromatic nitrogens is 1. The third-order valence-electron chi connectivity index (χ3n) is 3.98. The number of amides is 1. The van der Waals surface area contributed by atoms with Crippen LogP contribution >= 0.6 is 11.3 Å². The van der Waals surface area contributed by atoms with E-state index in [0.717, 1.165) is 30.9 Å². The predicted octanol–water partition coefficient (Wildman–Crippen LogP) is 2.31. The van der Waals surface area contributed by atoms with Crippen LogP contribution in [0, 0.1) is 5.92 Å². The standard InChI is InChI=1S/C17H18N2O4S/c20-16(21)11-23-14-3-1-13(2-4-14)17(22)19-7-5-12(10-19)9-15-18-6-8-24-15/h1-4,6,8,12H,5,7,9-11H2,(H,20,21). The molecule has 1 aromatic heterocycles. The van der Waals surface area contributed by atoms with Crippen LogP contribution in [0.5, 0.6) is 5.75 Å². The lowest BCUT2D eigenvalue weighted by atomic mass is 10.1. The summed E-state index contributed by atoms with van der Waals surface area (Å²) in [5.41, 5.74) is 0.590. The molecule has 1 amide bonds. The minimum absolute atomic E-state index is 0.00132. The number of likely N-dealkylation sites (tertiary alicyclic amines) is 1. The molecule has 24 heavy (non-hydrogen) atoms. The zero-order valence-electron chi connectivity index (χ0n) is 13.1. The first kappa shape index (κ1) is 16.4. The van der Waals surface area contributed by atoms with Crippen molar-refractivity contribution in [2.45, 2.75) is 12.8 Å². The first-order valence-electron chi connectivity index (χ1n) is 7.74. The number of nitrogens with zero attached hydrogens (tertiary/aromatic N) is 2. The van der Waals surface area contributed by atoms with Crippen molar-refractivity contribution >= 4 is 23.2 Å². The van der Waals surface area contributed by atoms with E-state index in [-0.39, 0.29) is 5.91 Å². The maximum Gasteiger partial charge on any atom is 0.341 e. The molecule has 2 aromatic rings. The number of rotatable bonds is 6. The Hall–Kier alpha value is -2.41. The number of carbonyl (C=O) groups is 2. The van der Waals surface area contributed by atoms with Gasteiger partial charge in [0.15, 0.2) is 6.61 Å². The molecule has 1 aromatic carbocycles. The summed E-state index contributed by atoms with van der Waals surface area (Å²) in [5.74, 6) is -0.129. The normalized spacial score (nSPS) is 17.0. The lowest BCUT2D eigenvalue weighted by Gasteiger charge is -2.16. The van der Waals surface area contributed by atoms with E-state index in [9.17, 15) is 9.59 Å². The van der Waals surface area contributed by atoms with Gasteiger partial charge in [-0.15, -0.1) is 11.3 Å². The number of hydrogen-bond acceptors (Lipinski definition) is 5. The highest BCUT2D eigenvalue weighted by molar-refractivity contribution is 7.09. The smallest absolute Gasteiger partial charge is 0.341 e. The molecule has 1 unspecified atom stereocenters. The van der Waals surface area contributed by atoms with Crippen LogP contribution < -0.4 is 4.74 Å². The number of hydrogen-bond donors (Lipinski definition) is 1. The van der Waals surface area contributed by atoms with Gasteiger partial charge in [-0.1, -0.05) is 0 Å². The number of carboxylic acid groups (broad SMARTS) is 1. The highest BCUT2D eigenvalue weighted by Gasteiger charge is 2.27. The van der Waals surface area contributed by atoms with Crippen LogP contribution in [0.25, 0.3) is 0 Å². The summed E-state index contributed by atoms with van der Waals surface area (Å²) in [7, 11) is 0. The van der Waals surface area contributed by atoms with E-state index in [1.54, 1.807) is 35.6 Å². The molecule has 1 N–H and O–H groups in total. The summed E-state index contributed by atoms with van der Waals surface area (Å²) in [6.45, 7) is 1.11. The van der Waals surface area contributed by atoms with E-state index in [0.29, 0.717) is 17.2 Å². The molecule has 0 aliphatic carbocycles. The molecular formula is C17H18N2O4S. The second-order valence-corrected chi connectivity index (χ2v) is 6.72. The van der Waals surface area contributed by atoms with Gasteiger partial charge < -0.3 is 14.7 Å². The summed E-state index contributed by atoms with van der Waals surface area (Å²) in [4.78, 5) is 29.2. The SMILES string of the molecule is O=C(O)COc1ccc(C(=O)N2CCC(Cc3nccs3)C2)cc1. The predicted molar refractivity (Wildman–Crippen MR) is 89.4 cm³/mol. The molecule has 2 heterocycles. The third-order valence-corrected chi connectivity index (χ3v) is 4.79. The monoisotopic (exact) mass is 346 g/mol. The second kappa shape index (κ2) is 7.44. The number of carboxylic acids is 1. The Kier molecular flexibility index (Phi) is 5.10. The third kappa shape index (κ3) is 4.11.